The molecule has 0 saturated carbocycles. The Morgan fingerprint density at radius 2 is 2.25 bits per heavy atom. The third-order valence-corrected chi connectivity index (χ3v) is 1.37. The van der Waals surface area contributed by atoms with Crippen LogP contribution in [0, 0.1) is 11.3 Å². The SMILES string of the molecule is Br.N#CC([SeH])CCN. The Hall–Kier alpha value is 0.449. The van der Waals surface area contributed by atoms with Crippen molar-refractivity contribution in [3.05, 3.63) is 0 Å². The molecule has 48 valence electrons. The summed E-state index contributed by atoms with van der Waals surface area (Å²) < 4.78 is 0. The predicted molar refractivity (Wildman–Crippen MR) is 40.5 cm³/mol. The quantitative estimate of drug-likeness (QED) is 0.701. The fourth-order valence-electron chi connectivity index (χ4n) is 0.222. The number of halogens is 1. The van der Waals surface area contributed by atoms with Gasteiger partial charge in [-0.2, -0.15) is 0 Å². The molecule has 0 aliphatic rings. The Balaban J connectivity index is 0. The fraction of sp³-hybridized carbons (Fsp3) is 0.750. The summed E-state index contributed by atoms with van der Waals surface area (Å²) in [6.45, 7) is 0.604. The van der Waals surface area contributed by atoms with Gasteiger partial charge in [-0.15, -0.1) is 17.0 Å². The molecule has 4 heteroatoms. The average Bonchev–Trinajstić information content (AvgIpc) is 1.68. The Labute approximate surface area is 68.0 Å². The molecule has 1 atom stereocenters. The average molecular weight is 244 g/mol. The molecule has 0 radical (unpaired) electrons. The van der Waals surface area contributed by atoms with Crippen LogP contribution in [0.5, 0.6) is 0 Å². The number of rotatable bonds is 2. The van der Waals surface area contributed by atoms with E-state index < -0.39 is 0 Å². The molecule has 0 rings (SSSR count). The van der Waals surface area contributed by atoms with Crippen LogP contribution in [-0.4, -0.2) is 22.6 Å². The van der Waals surface area contributed by atoms with Gasteiger partial charge in [0.05, 0.1) is 0 Å². The second kappa shape index (κ2) is 7.45. The molecule has 0 amide bonds. The van der Waals surface area contributed by atoms with Crippen LogP contribution < -0.4 is 5.73 Å². The number of hydrogen-bond acceptors (Lipinski definition) is 2. The Morgan fingerprint density at radius 3 is 2.38 bits per heavy atom. The fourth-order valence-corrected chi connectivity index (χ4v) is 0.535. The summed E-state index contributed by atoms with van der Waals surface area (Å²) in [5, 5.41) is 8.14. The topological polar surface area (TPSA) is 49.8 Å². The van der Waals surface area contributed by atoms with Gasteiger partial charge in [0.2, 0.25) is 0 Å². The summed E-state index contributed by atoms with van der Waals surface area (Å²) in [4.78, 5) is 0.0671. The monoisotopic (exact) mass is 244 g/mol. The van der Waals surface area contributed by atoms with E-state index in [0.717, 1.165) is 6.42 Å². The number of nitrogens with zero attached hydrogens (tertiary/aromatic N) is 1. The molecule has 2 N–H and O–H groups in total. The van der Waals surface area contributed by atoms with Crippen LogP contribution in [0.1, 0.15) is 6.42 Å². The van der Waals surface area contributed by atoms with Gasteiger partial charge in [0.25, 0.3) is 0 Å². The first-order valence-electron chi connectivity index (χ1n) is 2.09. The normalized spacial score (nSPS) is 11.1. The van der Waals surface area contributed by atoms with Crippen LogP contribution in [0.15, 0.2) is 0 Å². The van der Waals surface area contributed by atoms with Gasteiger partial charge in [-0.05, 0) is 0 Å². The molecule has 0 aromatic carbocycles. The third-order valence-electron chi connectivity index (χ3n) is 0.589. The molecule has 0 aromatic rings. The zero-order valence-corrected chi connectivity index (χ0v) is 7.96. The molecule has 0 spiro atoms. The van der Waals surface area contributed by atoms with Crippen molar-refractivity contribution >= 4 is 33.0 Å². The van der Waals surface area contributed by atoms with Crippen molar-refractivity contribution in [1.82, 2.24) is 0 Å². The van der Waals surface area contributed by atoms with E-state index in [0.29, 0.717) is 6.54 Å². The van der Waals surface area contributed by atoms with E-state index in [1.54, 1.807) is 0 Å². The van der Waals surface area contributed by atoms with E-state index in [1.165, 1.54) is 0 Å². The maximum atomic E-state index is 8.14. The van der Waals surface area contributed by atoms with Crippen molar-refractivity contribution in [2.45, 2.75) is 11.2 Å². The van der Waals surface area contributed by atoms with E-state index in [4.69, 9.17) is 11.0 Å². The molecule has 0 aromatic heterocycles. The van der Waals surface area contributed by atoms with Crippen molar-refractivity contribution in [1.29, 1.82) is 5.26 Å². The van der Waals surface area contributed by atoms with Gasteiger partial charge in [-0.1, -0.05) is 0 Å². The molecule has 8 heavy (non-hydrogen) atoms. The van der Waals surface area contributed by atoms with Crippen molar-refractivity contribution in [2.24, 2.45) is 5.73 Å². The maximum absolute atomic E-state index is 8.14. The van der Waals surface area contributed by atoms with Gasteiger partial charge in [0, 0.05) is 0 Å². The summed E-state index contributed by atoms with van der Waals surface area (Å²) in [6, 6.07) is 2.06. The van der Waals surface area contributed by atoms with E-state index in [1.807, 2.05) is 0 Å². The van der Waals surface area contributed by atoms with Crippen molar-refractivity contribution in [2.75, 3.05) is 6.54 Å². The van der Waals surface area contributed by atoms with E-state index in [-0.39, 0.29) is 21.8 Å². The van der Waals surface area contributed by atoms with E-state index >= 15 is 0 Å². The van der Waals surface area contributed by atoms with Gasteiger partial charge >= 0.3 is 50.9 Å². The second-order valence-corrected chi connectivity index (χ2v) is 2.53. The molecule has 0 heterocycles. The van der Waals surface area contributed by atoms with Crippen molar-refractivity contribution < 1.29 is 0 Å². The van der Waals surface area contributed by atoms with E-state index in [9.17, 15) is 0 Å². The third kappa shape index (κ3) is 6.45. The van der Waals surface area contributed by atoms with Gasteiger partial charge in [0.1, 0.15) is 0 Å². The molecular weight excluding hydrogens is 235 g/mol. The minimum atomic E-state index is 0. The minimum absolute atomic E-state index is 0. The summed E-state index contributed by atoms with van der Waals surface area (Å²) >= 11 is 2.28. The van der Waals surface area contributed by atoms with Crippen LogP contribution in [0.3, 0.4) is 0 Å². The number of nitriles is 1. The predicted octanol–water partition coefficient (Wildman–Crippen LogP) is 0.126. The van der Waals surface area contributed by atoms with Crippen LogP contribution in [0.4, 0.5) is 0 Å². The Morgan fingerprint density at radius 1 is 1.75 bits per heavy atom. The summed E-state index contributed by atoms with van der Waals surface area (Å²) in [6.07, 6.45) is 0.788. The summed E-state index contributed by atoms with van der Waals surface area (Å²) in [7, 11) is 0. The zero-order valence-electron chi connectivity index (χ0n) is 4.37. The summed E-state index contributed by atoms with van der Waals surface area (Å²) in [5.41, 5.74) is 5.14. The summed E-state index contributed by atoms with van der Waals surface area (Å²) in [5.74, 6) is 0. The molecule has 0 saturated heterocycles. The first-order valence-corrected chi connectivity index (χ1v) is 3.17. The van der Waals surface area contributed by atoms with Gasteiger partial charge in [0.15, 0.2) is 0 Å². The van der Waals surface area contributed by atoms with Crippen LogP contribution in [-0.2, 0) is 0 Å². The van der Waals surface area contributed by atoms with Gasteiger partial charge in [-0.25, -0.2) is 0 Å². The Bertz CT molecular complexity index is 80.6. The molecule has 1 unspecified atom stereocenters. The van der Waals surface area contributed by atoms with E-state index in [2.05, 4.69) is 22.1 Å². The van der Waals surface area contributed by atoms with Crippen LogP contribution in [0.2, 0.25) is 4.82 Å². The van der Waals surface area contributed by atoms with Gasteiger partial charge < -0.3 is 0 Å². The van der Waals surface area contributed by atoms with Crippen molar-refractivity contribution in [3.63, 3.8) is 0 Å². The molecular formula is C4H9BrN2Se. The Kier molecular flexibility index (Phi) is 10.5. The molecule has 0 fully saturated rings. The molecule has 0 bridgehead atoms. The first kappa shape index (κ1) is 11.3. The zero-order chi connectivity index (χ0) is 5.70. The van der Waals surface area contributed by atoms with Crippen LogP contribution >= 0.6 is 17.0 Å². The molecule has 2 nitrogen and oxygen atoms in total. The number of nitrogens with two attached hydrogens (primary N) is 1. The van der Waals surface area contributed by atoms with Crippen LogP contribution in [0.25, 0.3) is 0 Å². The van der Waals surface area contributed by atoms with Gasteiger partial charge in [-0.3, -0.25) is 0 Å². The first-order chi connectivity index (χ1) is 3.31. The standard InChI is InChI=1S/C4H8N2Se.BrH/c5-2-1-4(7)3-6;/h4,7H,1-2,5H2;1H. The number of hydrogen-bond donors (Lipinski definition) is 1. The molecule has 0 aliphatic carbocycles. The molecule has 0 aliphatic heterocycles. The van der Waals surface area contributed by atoms with Crippen molar-refractivity contribution in [3.8, 4) is 6.07 Å². The second-order valence-electron chi connectivity index (χ2n) is 1.22.